The van der Waals surface area contributed by atoms with E-state index in [0.29, 0.717) is 6.04 Å². The van der Waals surface area contributed by atoms with Crippen molar-refractivity contribution in [2.24, 2.45) is 0 Å². The van der Waals surface area contributed by atoms with Gasteiger partial charge in [0.25, 0.3) is 0 Å². The zero-order valence-electron chi connectivity index (χ0n) is 11.5. The highest BCUT2D eigenvalue weighted by molar-refractivity contribution is 5.17. The number of nitrogens with one attached hydrogen (secondary N) is 1. The summed E-state index contributed by atoms with van der Waals surface area (Å²) in [6.45, 7) is 7.50. The second-order valence-corrected chi connectivity index (χ2v) is 5.00. The SMILES string of the molecule is CCCNC(Cc1ccccc1)C(C)(C)OC. The standard InChI is InChI=1S/C15H25NO/c1-5-11-16-14(15(2,3)17-4)12-13-9-7-6-8-10-13/h6-10,14,16H,5,11-12H2,1-4H3. The van der Waals surface area contributed by atoms with Gasteiger partial charge in [-0.1, -0.05) is 37.3 Å². The molecule has 17 heavy (non-hydrogen) atoms. The Morgan fingerprint density at radius 2 is 1.88 bits per heavy atom. The summed E-state index contributed by atoms with van der Waals surface area (Å²) < 4.78 is 5.61. The molecule has 0 heterocycles. The number of ether oxygens (including phenoxy) is 1. The summed E-state index contributed by atoms with van der Waals surface area (Å²) in [5.41, 5.74) is 1.21. The van der Waals surface area contributed by atoms with Crippen LogP contribution in [0.3, 0.4) is 0 Å². The largest absolute Gasteiger partial charge is 0.377 e. The van der Waals surface area contributed by atoms with Crippen LogP contribution in [0.2, 0.25) is 0 Å². The fourth-order valence-electron chi connectivity index (χ4n) is 1.87. The summed E-state index contributed by atoms with van der Waals surface area (Å²) in [6.07, 6.45) is 2.15. The van der Waals surface area contributed by atoms with Gasteiger partial charge < -0.3 is 10.1 Å². The first-order valence-electron chi connectivity index (χ1n) is 6.42. The van der Waals surface area contributed by atoms with Crippen LogP contribution in [-0.2, 0) is 11.2 Å². The van der Waals surface area contributed by atoms with E-state index in [2.05, 4.69) is 56.4 Å². The van der Waals surface area contributed by atoms with Gasteiger partial charge in [0.2, 0.25) is 0 Å². The van der Waals surface area contributed by atoms with Gasteiger partial charge in [0.1, 0.15) is 0 Å². The first kappa shape index (κ1) is 14.2. The molecular weight excluding hydrogens is 210 g/mol. The molecule has 0 bridgehead atoms. The first-order chi connectivity index (χ1) is 8.10. The lowest BCUT2D eigenvalue weighted by Crippen LogP contribution is -2.49. The molecular formula is C15H25NO. The predicted molar refractivity (Wildman–Crippen MR) is 73.3 cm³/mol. The molecule has 0 radical (unpaired) electrons. The average molecular weight is 235 g/mol. The van der Waals surface area contributed by atoms with Crippen LogP contribution in [0, 0.1) is 0 Å². The Labute approximate surface area is 105 Å². The Bertz CT molecular complexity index is 308. The summed E-state index contributed by atoms with van der Waals surface area (Å²) in [5, 5.41) is 3.58. The third kappa shape index (κ3) is 4.49. The number of rotatable bonds is 7. The molecule has 0 aliphatic heterocycles. The fraction of sp³-hybridized carbons (Fsp3) is 0.600. The maximum Gasteiger partial charge on any atom is 0.0778 e. The van der Waals surface area contributed by atoms with Crippen LogP contribution in [0.15, 0.2) is 30.3 Å². The Balaban J connectivity index is 2.70. The van der Waals surface area contributed by atoms with Gasteiger partial charge in [-0.15, -0.1) is 0 Å². The third-order valence-corrected chi connectivity index (χ3v) is 3.29. The molecule has 1 unspecified atom stereocenters. The summed E-state index contributed by atoms with van der Waals surface area (Å²) in [7, 11) is 1.78. The van der Waals surface area contributed by atoms with Crippen LogP contribution >= 0.6 is 0 Å². The monoisotopic (exact) mass is 235 g/mol. The normalized spacial score (nSPS) is 13.6. The minimum absolute atomic E-state index is 0.148. The zero-order chi connectivity index (χ0) is 12.7. The van der Waals surface area contributed by atoms with E-state index in [1.54, 1.807) is 7.11 Å². The molecule has 0 aliphatic carbocycles. The molecule has 1 aromatic carbocycles. The zero-order valence-corrected chi connectivity index (χ0v) is 11.5. The van der Waals surface area contributed by atoms with Crippen molar-refractivity contribution in [2.75, 3.05) is 13.7 Å². The van der Waals surface area contributed by atoms with Gasteiger partial charge in [-0.25, -0.2) is 0 Å². The van der Waals surface area contributed by atoms with E-state index in [1.165, 1.54) is 5.56 Å². The quantitative estimate of drug-likeness (QED) is 0.784. The van der Waals surface area contributed by atoms with E-state index < -0.39 is 0 Å². The van der Waals surface area contributed by atoms with Crippen LogP contribution in [0.5, 0.6) is 0 Å². The molecule has 1 rings (SSSR count). The Kier molecular flexibility index (Phi) is 5.66. The highest BCUT2D eigenvalue weighted by atomic mass is 16.5. The van der Waals surface area contributed by atoms with E-state index >= 15 is 0 Å². The molecule has 0 amide bonds. The molecule has 0 fully saturated rings. The van der Waals surface area contributed by atoms with Crippen molar-refractivity contribution in [3.63, 3.8) is 0 Å². The van der Waals surface area contributed by atoms with Crippen LogP contribution < -0.4 is 5.32 Å². The van der Waals surface area contributed by atoms with Gasteiger partial charge in [0.05, 0.1) is 5.60 Å². The van der Waals surface area contributed by atoms with Gasteiger partial charge in [-0.3, -0.25) is 0 Å². The molecule has 0 aromatic heterocycles. The number of benzene rings is 1. The summed E-state index contributed by atoms with van der Waals surface area (Å²) in [6, 6.07) is 10.9. The maximum atomic E-state index is 5.61. The lowest BCUT2D eigenvalue weighted by Gasteiger charge is -2.34. The van der Waals surface area contributed by atoms with Crippen molar-refractivity contribution >= 4 is 0 Å². The van der Waals surface area contributed by atoms with Gasteiger partial charge in [0, 0.05) is 13.2 Å². The molecule has 2 nitrogen and oxygen atoms in total. The molecule has 0 saturated carbocycles. The van der Waals surface area contributed by atoms with E-state index in [1.807, 2.05) is 0 Å². The van der Waals surface area contributed by atoms with Gasteiger partial charge >= 0.3 is 0 Å². The fourth-order valence-corrected chi connectivity index (χ4v) is 1.87. The third-order valence-electron chi connectivity index (χ3n) is 3.29. The van der Waals surface area contributed by atoms with Crippen molar-refractivity contribution in [2.45, 2.75) is 45.3 Å². The molecule has 1 atom stereocenters. The van der Waals surface area contributed by atoms with E-state index in [4.69, 9.17) is 4.74 Å². The van der Waals surface area contributed by atoms with Crippen molar-refractivity contribution in [3.05, 3.63) is 35.9 Å². The lowest BCUT2D eigenvalue weighted by molar-refractivity contribution is -0.00997. The molecule has 96 valence electrons. The molecule has 0 aliphatic rings. The summed E-state index contributed by atoms with van der Waals surface area (Å²) >= 11 is 0. The highest BCUT2D eigenvalue weighted by Crippen LogP contribution is 2.18. The van der Waals surface area contributed by atoms with E-state index in [0.717, 1.165) is 19.4 Å². The Morgan fingerprint density at radius 1 is 1.24 bits per heavy atom. The predicted octanol–water partition coefficient (Wildman–Crippen LogP) is 3.02. The molecule has 1 aromatic rings. The van der Waals surface area contributed by atoms with Crippen LogP contribution in [-0.4, -0.2) is 25.3 Å². The van der Waals surface area contributed by atoms with E-state index in [-0.39, 0.29) is 5.60 Å². The smallest absolute Gasteiger partial charge is 0.0778 e. The van der Waals surface area contributed by atoms with Crippen molar-refractivity contribution < 1.29 is 4.74 Å². The number of hydrogen-bond donors (Lipinski definition) is 1. The summed E-state index contributed by atoms with van der Waals surface area (Å²) in [5.74, 6) is 0. The van der Waals surface area contributed by atoms with Crippen molar-refractivity contribution in [1.82, 2.24) is 5.32 Å². The summed E-state index contributed by atoms with van der Waals surface area (Å²) in [4.78, 5) is 0. The highest BCUT2D eigenvalue weighted by Gasteiger charge is 2.28. The number of hydrogen-bond acceptors (Lipinski definition) is 2. The van der Waals surface area contributed by atoms with Crippen LogP contribution in [0.4, 0.5) is 0 Å². The average Bonchev–Trinajstić information content (AvgIpc) is 2.35. The topological polar surface area (TPSA) is 21.3 Å². The second kappa shape index (κ2) is 6.77. The van der Waals surface area contributed by atoms with Gasteiger partial charge in [0.15, 0.2) is 0 Å². The molecule has 2 heteroatoms. The minimum atomic E-state index is -0.148. The second-order valence-electron chi connectivity index (χ2n) is 5.00. The first-order valence-corrected chi connectivity index (χ1v) is 6.42. The Hall–Kier alpha value is -0.860. The van der Waals surface area contributed by atoms with Gasteiger partial charge in [-0.05, 0) is 38.8 Å². The minimum Gasteiger partial charge on any atom is -0.377 e. The van der Waals surface area contributed by atoms with Crippen LogP contribution in [0.25, 0.3) is 0 Å². The van der Waals surface area contributed by atoms with Crippen molar-refractivity contribution in [3.8, 4) is 0 Å². The maximum absolute atomic E-state index is 5.61. The van der Waals surface area contributed by atoms with E-state index in [9.17, 15) is 0 Å². The number of methoxy groups -OCH3 is 1. The molecule has 1 N–H and O–H groups in total. The lowest BCUT2D eigenvalue weighted by atomic mass is 9.92. The molecule has 0 spiro atoms. The molecule has 0 saturated heterocycles. The van der Waals surface area contributed by atoms with Gasteiger partial charge in [-0.2, -0.15) is 0 Å². The van der Waals surface area contributed by atoms with Crippen molar-refractivity contribution in [1.29, 1.82) is 0 Å². The Morgan fingerprint density at radius 3 is 2.41 bits per heavy atom. The van der Waals surface area contributed by atoms with Crippen LogP contribution in [0.1, 0.15) is 32.8 Å².